The van der Waals surface area contributed by atoms with Gasteiger partial charge in [0.2, 0.25) is 0 Å². The first-order valence-electron chi connectivity index (χ1n) is 5.52. The highest BCUT2D eigenvalue weighted by Gasteiger charge is 2.11. The van der Waals surface area contributed by atoms with Gasteiger partial charge in [-0.15, -0.1) is 11.6 Å². The zero-order valence-corrected chi connectivity index (χ0v) is 11.3. The van der Waals surface area contributed by atoms with E-state index in [1.807, 2.05) is 0 Å². The fourth-order valence-corrected chi connectivity index (χ4v) is 1.89. The number of benzene rings is 2. The lowest BCUT2D eigenvalue weighted by atomic mass is 10.1. The molecule has 0 unspecified atom stereocenters. The molecule has 1 amide bonds. The predicted molar refractivity (Wildman–Crippen MR) is 75.4 cm³/mol. The van der Waals surface area contributed by atoms with Crippen LogP contribution in [-0.2, 0) is 5.88 Å². The van der Waals surface area contributed by atoms with Crippen LogP contribution in [0.15, 0.2) is 42.5 Å². The second-order valence-corrected chi connectivity index (χ2v) is 4.56. The van der Waals surface area contributed by atoms with Crippen molar-refractivity contribution in [2.75, 3.05) is 5.32 Å². The monoisotopic (exact) mass is 297 g/mol. The molecular formula is C14H10Cl2FNO. The van der Waals surface area contributed by atoms with Gasteiger partial charge in [0.1, 0.15) is 0 Å². The Kier molecular flexibility index (Phi) is 4.40. The first kappa shape index (κ1) is 13.8. The molecular weight excluding hydrogens is 288 g/mol. The van der Waals surface area contributed by atoms with E-state index in [-0.39, 0.29) is 10.7 Å². The summed E-state index contributed by atoms with van der Waals surface area (Å²) in [4.78, 5) is 11.9. The molecule has 0 bridgehead atoms. The van der Waals surface area contributed by atoms with Crippen LogP contribution in [0, 0.1) is 5.82 Å². The zero-order chi connectivity index (χ0) is 13.8. The number of nitrogens with one attached hydrogen (secondary N) is 1. The standard InChI is InChI=1S/C14H10Cl2FNO/c15-8-9-4-6-10(7-5-9)14(19)18-12-3-1-2-11(16)13(12)17/h1-7H,8H2,(H,18,19). The molecule has 2 rings (SSSR count). The molecule has 0 aromatic heterocycles. The lowest BCUT2D eigenvalue weighted by Crippen LogP contribution is -2.13. The molecule has 98 valence electrons. The molecule has 2 aromatic rings. The van der Waals surface area contributed by atoms with Gasteiger partial charge in [-0.1, -0.05) is 29.8 Å². The van der Waals surface area contributed by atoms with E-state index in [9.17, 15) is 9.18 Å². The number of amides is 1. The molecule has 2 nitrogen and oxygen atoms in total. The topological polar surface area (TPSA) is 29.1 Å². The Labute approximate surface area is 120 Å². The lowest BCUT2D eigenvalue weighted by Gasteiger charge is -2.07. The van der Waals surface area contributed by atoms with E-state index < -0.39 is 11.7 Å². The summed E-state index contributed by atoms with van der Waals surface area (Å²) >= 11 is 11.3. The van der Waals surface area contributed by atoms with Gasteiger partial charge in [-0.05, 0) is 29.8 Å². The first-order chi connectivity index (χ1) is 9.11. The summed E-state index contributed by atoms with van der Waals surface area (Å²) in [5.74, 6) is -0.664. The van der Waals surface area contributed by atoms with Crippen LogP contribution in [0.25, 0.3) is 0 Å². The maximum atomic E-state index is 13.6. The minimum Gasteiger partial charge on any atom is -0.319 e. The summed E-state index contributed by atoms with van der Waals surface area (Å²) in [5.41, 5.74) is 1.39. The van der Waals surface area contributed by atoms with Crippen molar-refractivity contribution < 1.29 is 9.18 Å². The number of carbonyl (C=O) groups excluding carboxylic acids is 1. The molecule has 19 heavy (non-hydrogen) atoms. The number of anilines is 1. The molecule has 0 aliphatic carbocycles. The van der Waals surface area contributed by atoms with Crippen LogP contribution in [-0.4, -0.2) is 5.91 Å². The van der Waals surface area contributed by atoms with Crippen molar-refractivity contribution in [2.24, 2.45) is 0 Å². The third-order valence-corrected chi connectivity index (χ3v) is 3.17. The van der Waals surface area contributed by atoms with Crippen LogP contribution in [0.2, 0.25) is 5.02 Å². The Morgan fingerprint density at radius 3 is 2.47 bits per heavy atom. The average molecular weight is 298 g/mol. The summed E-state index contributed by atoms with van der Waals surface area (Å²) in [5, 5.41) is 2.44. The smallest absolute Gasteiger partial charge is 0.255 e. The van der Waals surface area contributed by atoms with Crippen molar-refractivity contribution in [3.63, 3.8) is 0 Å². The van der Waals surface area contributed by atoms with Crippen molar-refractivity contribution in [1.29, 1.82) is 0 Å². The first-order valence-corrected chi connectivity index (χ1v) is 6.43. The zero-order valence-electron chi connectivity index (χ0n) is 9.79. The minimum absolute atomic E-state index is 0.0321. The number of carbonyl (C=O) groups is 1. The van der Waals surface area contributed by atoms with Gasteiger partial charge >= 0.3 is 0 Å². The van der Waals surface area contributed by atoms with Crippen molar-refractivity contribution in [2.45, 2.75) is 5.88 Å². The molecule has 0 fully saturated rings. The molecule has 5 heteroatoms. The molecule has 0 aliphatic rings. The van der Waals surface area contributed by atoms with E-state index in [4.69, 9.17) is 23.2 Å². The van der Waals surface area contributed by atoms with Crippen LogP contribution < -0.4 is 5.32 Å². The summed E-state index contributed by atoms with van der Waals surface area (Å²) in [6, 6.07) is 11.2. The Balaban J connectivity index is 2.18. The normalized spacial score (nSPS) is 10.3. The van der Waals surface area contributed by atoms with E-state index >= 15 is 0 Å². The quantitative estimate of drug-likeness (QED) is 0.832. The van der Waals surface area contributed by atoms with E-state index in [1.165, 1.54) is 12.1 Å². The van der Waals surface area contributed by atoms with E-state index in [2.05, 4.69) is 5.32 Å². The van der Waals surface area contributed by atoms with Gasteiger partial charge in [0.25, 0.3) is 5.91 Å². The molecule has 0 radical (unpaired) electrons. The van der Waals surface area contributed by atoms with Gasteiger partial charge in [0, 0.05) is 11.4 Å². The van der Waals surface area contributed by atoms with Crippen molar-refractivity contribution >= 4 is 34.8 Å². The van der Waals surface area contributed by atoms with E-state index in [0.29, 0.717) is 11.4 Å². The molecule has 2 aromatic carbocycles. The highest BCUT2D eigenvalue weighted by molar-refractivity contribution is 6.31. The summed E-state index contributed by atoms with van der Waals surface area (Å²) in [6.45, 7) is 0. The number of alkyl halides is 1. The Bertz CT molecular complexity index is 599. The molecule has 0 spiro atoms. The summed E-state index contributed by atoms with van der Waals surface area (Å²) in [7, 11) is 0. The molecule has 0 atom stereocenters. The Hall–Kier alpha value is -1.58. The molecule has 1 N–H and O–H groups in total. The van der Waals surface area contributed by atoms with Crippen LogP contribution in [0.3, 0.4) is 0 Å². The van der Waals surface area contributed by atoms with Crippen LogP contribution in [0.4, 0.5) is 10.1 Å². The SMILES string of the molecule is O=C(Nc1cccc(Cl)c1F)c1ccc(CCl)cc1. The van der Waals surface area contributed by atoms with Crippen LogP contribution >= 0.6 is 23.2 Å². The predicted octanol–water partition coefficient (Wildman–Crippen LogP) is 4.47. The lowest BCUT2D eigenvalue weighted by molar-refractivity contribution is 0.102. The summed E-state index contributed by atoms with van der Waals surface area (Å²) < 4.78 is 13.6. The van der Waals surface area contributed by atoms with Crippen molar-refractivity contribution in [1.82, 2.24) is 0 Å². The number of hydrogen-bond acceptors (Lipinski definition) is 1. The van der Waals surface area contributed by atoms with Crippen LogP contribution in [0.1, 0.15) is 15.9 Å². The van der Waals surface area contributed by atoms with E-state index in [0.717, 1.165) is 5.56 Å². The van der Waals surface area contributed by atoms with Crippen molar-refractivity contribution in [3.05, 3.63) is 64.4 Å². The van der Waals surface area contributed by atoms with Gasteiger partial charge in [0.15, 0.2) is 5.82 Å². The molecule has 0 aliphatic heterocycles. The van der Waals surface area contributed by atoms with Gasteiger partial charge in [0.05, 0.1) is 10.7 Å². The Morgan fingerprint density at radius 2 is 1.84 bits per heavy atom. The molecule has 0 saturated heterocycles. The van der Waals surface area contributed by atoms with Crippen LogP contribution in [0.5, 0.6) is 0 Å². The minimum atomic E-state index is -0.644. The number of halogens is 3. The fourth-order valence-electron chi connectivity index (χ4n) is 1.54. The average Bonchev–Trinajstić information content (AvgIpc) is 2.44. The second kappa shape index (κ2) is 6.04. The Morgan fingerprint density at radius 1 is 1.16 bits per heavy atom. The molecule has 0 saturated carbocycles. The summed E-state index contributed by atoms with van der Waals surface area (Å²) in [6.07, 6.45) is 0. The van der Waals surface area contributed by atoms with Gasteiger partial charge < -0.3 is 5.32 Å². The molecule has 0 heterocycles. The van der Waals surface area contributed by atoms with Gasteiger partial charge in [-0.25, -0.2) is 4.39 Å². The maximum Gasteiger partial charge on any atom is 0.255 e. The highest BCUT2D eigenvalue weighted by Crippen LogP contribution is 2.22. The van der Waals surface area contributed by atoms with E-state index in [1.54, 1.807) is 30.3 Å². The maximum absolute atomic E-state index is 13.6. The second-order valence-electron chi connectivity index (χ2n) is 3.89. The van der Waals surface area contributed by atoms with Gasteiger partial charge in [-0.2, -0.15) is 0 Å². The number of hydrogen-bond donors (Lipinski definition) is 1. The third kappa shape index (κ3) is 3.25. The fraction of sp³-hybridized carbons (Fsp3) is 0.0714. The van der Waals surface area contributed by atoms with Crippen molar-refractivity contribution in [3.8, 4) is 0 Å². The highest BCUT2D eigenvalue weighted by atomic mass is 35.5. The largest absolute Gasteiger partial charge is 0.319 e. The van der Waals surface area contributed by atoms with Gasteiger partial charge in [-0.3, -0.25) is 4.79 Å². The third-order valence-electron chi connectivity index (χ3n) is 2.57. The number of rotatable bonds is 3.